The molecule has 1 amide bonds. The van der Waals surface area contributed by atoms with E-state index in [2.05, 4.69) is 41.0 Å². The maximum absolute atomic E-state index is 12.2. The monoisotopic (exact) mass is 419 g/mol. The Labute approximate surface area is 186 Å². The van der Waals surface area contributed by atoms with E-state index in [0.29, 0.717) is 18.7 Å². The molecule has 0 aliphatic rings. The summed E-state index contributed by atoms with van der Waals surface area (Å²) >= 11 is 0. The fraction of sp³-hybridized carbons (Fsp3) is 0.107. The SMILES string of the molecule is CCOc1ccc(Cn2c3cc(-c4ccccc4)c[c]c3c3c(C(N)=O)cccc32)cc1. The van der Waals surface area contributed by atoms with Crippen LogP contribution in [0, 0.1) is 6.07 Å². The van der Waals surface area contributed by atoms with Gasteiger partial charge in [-0.05, 0) is 66.1 Å². The van der Waals surface area contributed by atoms with Crippen molar-refractivity contribution in [2.75, 3.05) is 6.61 Å². The minimum atomic E-state index is -0.434. The van der Waals surface area contributed by atoms with Gasteiger partial charge in [0.1, 0.15) is 5.75 Å². The highest BCUT2D eigenvalue weighted by molar-refractivity contribution is 6.18. The topological polar surface area (TPSA) is 57.2 Å². The van der Waals surface area contributed by atoms with Crippen LogP contribution >= 0.6 is 0 Å². The van der Waals surface area contributed by atoms with Crippen molar-refractivity contribution in [2.45, 2.75) is 13.5 Å². The molecule has 0 bridgehead atoms. The number of nitrogens with two attached hydrogens (primary N) is 1. The number of amides is 1. The first kappa shape index (κ1) is 19.9. The van der Waals surface area contributed by atoms with Gasteiger partial charge in [0.05, 0.1) is 17.6 Å². The second kappa shape index (κ2) is 8.23. The molecule has 157 valence electrons. The first-order chi connectivity index (χ1) is 15.7. The third-order valence-corrected chi connectivity index (χ3v) is 5.74. The second-order valence-corrected chi connectivity index (χ2v) is 7.74. The second-order valence-electron chi connectivity index (χ2n) is 7.74. The molecule has 0 aliphatic carbocycles. The number of fused-ring (bicyclic) bond motifs is 3. The lowest BCUT2D eigenvalue weighted by molar-refractivity contribution is 0.100. The summed E-state index contributed by atoms with van der Waals surface area (Å²) in [5, 5.41) is 1.75. The number of carbonyl (C=O) groups is 1. The zero-order valence-corrected chi connectivity index (χ0v) is 17.8. The van der Waals surface area contributed by atoms with Gasteiger partial charge in [0, 0.05) is 22.9 Å². The number of primary amides is 1. The molecule has 0 aliphatic heterocycles. The van der Waals surface area contributed by atoms with E-state index in [4.69, 9.17) is 10.5 Å². The summed E-state index contributed by atoms with van der Waals surface area (Å²) in [6, 6.07) is 31.7. The molecule has 1 heterocycles. The summed E-state index contributed by atoms with van der Waals surface area (Å²) in [4.78, 5) is 12.2. The van der Waals surface area contributed by atoms with Crippen LogP contribution in [0.2, 0.25) is 0 Å². The average Bonchev–Trinajstić information content (AvgIpc) is 3.14. The van der Waals surface area contributed by atoms with E-state index in [1.165, 1.54) is 0 Å². The Bertz CT molecular complexity index is 1420. The van der Waals surface area contributed by atoms with Crippen molar-refractivity contribution in [2.24, 2.45) is 5.73 Å². The summed E-state index contributed by atoms with van der Waals surface area (Å²) < 4.78 is 7.81. The molecule has 2 N–H and O–H groups in total. The van der Waals surface area contributed by atoms with Crippen LogP contribution in [0.15, 0.2) is 84.9 Å². The van der Waals surface area contributed by atoms with Crippen LogP contribution in [-0.2, 0) is 6.54 Å². The van der Waals surface area contributed by atoms with Crippen molar-refractivity contribution in [1.82, 2.24) is 4.57 Å². The number of aromatic nitrogens is 1. The standard InChI is InChI=1S/C28H23N2O2/c1-2-32-22-14-11-19(12-15-22)18-30-25-10-6-9-24(28(29)31)27(25)23-16-13-21(17-26(23)30)20-7-4-3-5-8-20/h3-15,17H,2,18H2,1H3,(H2,29,31). The van der Waals surface area contributed by atoms with Gasteiger partial charge in [0.15, 0.2) is 0 Å². The Hall–Kier alpha value is -4.05. The molecule has 5 aromatic rings. The van der Waals surface area contributed by atoms with Gasteiger partial charge in [-0.25, -0.2) is 0 Å². The highest BCUT2D eigenvalue weighted by Gasteiger charge is 2.17. The van der Waals surface area contributed by atoms with Crippen LogP contribution in [0.1, 0.15) is 22.8 Å². The molecule has 0 spiro atoms. The minimum Gasteiger partial charge on any atom is -0.494 e. The lowest BCUT2D eigenvalue weighted by atomic mass is 10.0. The van der Waals surface area contributed by atoms with Crippen LogP contribution in [0.25, 0.3) is 32.9 Å². The van der Waals surface area contributed by atoms with E-state index in [1.807, 2.05) is 55.5 Å². The summed E-state index contributed by atoms with van der Waals surface area (Å²) in [7, 11) is 0. The molecule has 0 unspecified atom stereocenters. The van der Waals surface area contributed by atoms with Gasteiger partial charge in [0.25, 0.3) is 0 Å². The normalized spacial score (nSPS) is 11.2. The fourth-order valence-electron chi connectivity index (χ4n) is 4.27. The Morgan fingerprint density at radius 3 is 2.44 bits per heavy atom. The molecule has 1 radical (unpaired) electrons. The molecule has 0 fully saturated rings. The van der Waals surface area contributed by atoms with E-state index in [-0.39, 0.29) is 0 Å². The highest BCUT2D eigenvalue weighted by atomic mass is 16.5. The zero-order chi connectivity index (χ0) is 22.1. The molecule has 0 saturated heterocycles. The molecule has 5 rings (SSSR count). The Kier molecular flexibility index (Phi) is 5.12. The van der Waals surface area contributed by atoms with Crippen molar-refractivity contribution in [1.29, 1.82) is 0 Å². The largest absolute Gasteiger partial charge is 0.494 e. The quantitative estimate of drug-likeness (QED) is 0.378. The Morgan fingerprint density at radius 2 is 1.72 bits per heavy atom. The number of ether oxygens (including phenoxy) is 1. The first-order valence-electron chi connectivity index (χ1n) is 10.7. The maximum atomic E-state index is 12.2. The maximum Gasteiger partial charge on any atom is 0.249 e. The van der Waals surface area contributed by atoms with Crippen LogP contribution in [-0.4, -0.2) is 17.1 Å². The molecule has 0 saturated carbocycles. The first-order valence-corrected chi connectivity index (χ1v) is 10.7. The third-order valence-electron chi connectivity index (χ3n) is 5.74. The number of rotatable bonds is 6. The van der Waals surface area contributed by atoms with Crippen molar-refractivity contribution in [3.63, 3.8) is 0 Å². The molecule has 32 heavy (non-hydrogen) atoms. The number of carbonyl (C=O) groups excluding carboxylic acids is 1. The summed E-state index contributed by atoms with van der Waals surface area (Å²) in [5.74, 6) is 0.422. The predicted octanol–water partition coefficient (Wildman–Crippen LogP) is 5.81. The van der Waals surface area contributed by atoms with Crippen molar-refractivity contribution < 1.29 is 9.53 Å². The molecule has 1 aromatic heterocycles. The smallest absolute Gasteiger partial charge is 0.249 e. The summed E-state index contributed by atoms with van der Waals surface area (Å²) in [5.41, 5.74) is 11.6. The summed E-state index contributed by atoms with van der Waals surface area (Å²) in [6.07, 6.45) is 0. The molecule has 4 heteroatoms. The van der Waals surface area contributed by atoms with Gasteiger partial charge in [-0.1, -0.05) is 48.5 Å². The number of nitrogens with zero attached hydrogens (tertiary/aromatic N) is 1. The molecular weight excluding hydrogens is 396 g/mol. The zero-order valence-electron chi connectivity index (χ0n) is 17.8. The lowest BCUT2D eigenvalue weighted by Crippen LogP contribution is -2.11. The minimum absolute atomic E-state index is 0.434. The Balaban J connectivity index is 1.72. The van der Waals surface area contributed by atoms with Gasteiger partial charge in [-0.15, -0.1) is 0 Å². The van der Waals surface area contributed by atoms with Crippen LogP contribution < -0.4 is 10.5 Å². The molecule has 4 nitrogen and oxygen atoms in total. The molecule has 4 aromatic carbocycles. The highest BCUT2D eigenvalue weighted by Crippen LogP contribution is 2.34. The van der Waals surface area contributed by atoms with Crippen LogP contribution in [0.4, 0.5) is 0 Å². The van der Waals surface area contributed by atoms with Gasteiger partial charge in [0.2, 0.25) is 5.91 Å². The number of hydrogen-bond donors (Lipinski definition) is 1. The molecule has 0 atom stereocenters. The number of benzene rings is 4. The van der Waals surface area contributed by atoms with Crippen molar-refractivity contribution in [3.05, 3.63) is 102 Å². The molecular formula is C28H23N2O2. The summed E-state index contributed by atoms with van der Waals surface area (Å²) in [6.45, 7) is 3.27. The Morgan fingerprint density at radius 1 is 0.938 bits per heavy atom. The third kappa shape index (κ3) is 3.50. The fourth-order valence-corrected chi connectivity index (χ4v) is 4.27. The number of hydrogen-bond acceptors (Lipinski definition) is 2. The van der Waals surface area contributed by atoms with E-state index in [0.717, 1.165) is 44.2 Å². The average molecular weight is 420 g/mol. The van der Waals surface area contributed by atoms with Crippen molar-refractivity contribution >= 4 is 27.7 Å². The van der Waals surface area contributed by atoms with Gasteiger partial charge in [-0.2, -0.15) is 0 Å². The van der Waals surface area contributed by atoms with E-state index in [1.54, 1.807) is 6.07 Å². The lowest BCUT2D eigenvalue weighted by Gasteiger charge is -2.10. The van der Waals surface area contributed by atoms with Gasteiger partial charge >= 0.3 is 0 Å². The van der Waals surface area contributed by atoms with Gasteiger partial charge in [-0.3, -0.25) is 4.79 Å². The van der Waals surface area contributed by atoms with E-state index in [9.17, 15) is 4.79 Å². The van der Waals surface area contributed by atoms with Crippen LogP contribution in [0.3, 0.4) is 0 Å². The van der Waals surface area contributed by atoms with Crippen molar-refractivity contribution in [3.8, 4) is 16.9 Å². The van der Waals surface area contributed by atoms with E-state index < -0.39 is 5.91 Å². The predicted molar refractivity (Wildman–Crippen MR) is 129 cm³/mol. The van der Waals surface area contributed by atoms with E-state index >= 15 is 0 Å². The van der Waals surface area contributed by atoms with Gasteiger partial charge < -0.3 is 15.0 Å². The van der Waals surface area contributed by atoms with Crippen LogP contribution in [0.5, 0.6) is 5.75 Å².